The first kappa shape index (κ1) is 22.6. The highest BCUT2D eigenvalue weighted by Gasteiger charge is 2.13. The molecule has 0 bridgehead atoms. The van der Waals surface area contributed by atoms with Crippen LogP contribution in [0.5, 0.6) is 0 Å². The second-order valence-corrected chi connectivity index (χ2v) is 8.33. The largest absolute Gasteiger partial charge is 0.372 e. The topological polar surface area (TPSA) is 57.1 Å². The highest BCUT2D eigenvalue weighted by molar-refractivity contribution is 6.04. The summed E-state index contributed by atoms with van der Waals surface area (Å²) in [6.07, 6.45) is 5.74. The number of unbranched alkanes of at least 4 members (excludes halogenated alkanes) is 1. The molecule has 1 amide bonds. The third-order valence-corrected chi connectivity index (χ3v) is 5.83. The van der Waals surface area contributed by atoms with Gasteiger partial charge in [0.25, 0.3) is 5.91 Å². The summed E-state index contributed by atoms with van der Waals surface area (Å²) in [5, 5.41) is 11.1. The Morgan fingerprint density at radius 1 is 0.939 bits per heavy atom. The number of carbonyl (C=O) groups excluding carboxylic acids is 1. The number of benzene rings is 3. The average Bonchev–Trinajstić information content (AvgIpc) is 3.38. The van der Waals surface area contributed by atoms with Crippen molar-refractivity contribution in [2.45, 2.75) is 39.0 Å². The molecule has 0 radical (unpaired) electrons. The van der Waals surface area contributed by atoms with Crippen LogP contribution in [0.3, 0.4) is 0 Å². The normalized spacial score (nSPS) is 13.6. The summed E-state index contributed by atoms with van der Waals surface area (Å²) in [5.74, 6) is -1.12. The van der Waals surface area contributed by atoms with Crippen LogP contribution in [0.1, 0.15) is 48.5 Å². The fourth-order valence-electron chi connectivity index (χ4n) is 3.91. The van der Waals surface area contributed by atoms with Crippen LogP contribution < -0.4 is 10.2 Å². The van der Waals surface area contributed by atoms with Crippen molar-refractivity contribution in [2.24, 2.45) is 10.2 Å². The van der Waals surface area contributed by atoms with Gasteiger partial charge in [-0.2, -0.15) is 10.2 Å². The number of azo groups is 1. The van der Waals surface area contributed by atoms with Gasteiger partial charge in [0.15, 0.2) is 0 Å². The summed E-state index contributed by atoms with van der Waals surface area (Å²) in [7, 11) is 0. The molecule has 170 valence electrons. The van der Waals surface area contributed by atoms with E-state index in [9.17, 15) is 9.18 Å². The standard InChI is InChI=1S/C27H29FN4O/c1-2-3-6-20-7-9-21(10-8-20)29-27(33)25-16-13-23(19-26(25)28)31-30-22-11-14-24(15-12-22)32-17-4-5-18-32/h7-16,19H,2-6,17-18H2,1H3,(H,29,33). The Balaban J connectivity index is 1.37. The van der Waals surface area contributed by atoms with Crippen molar-refractivity contribution in [3.63, 3.8) is 0 Å². The highest BCUT2D eigenvalue weighted by Crippen LogP contribution is 2.25. The van der Waals surface area contributed by atoms with Gasteiger partial charge in [-0.3, -0.25) is 4.79 Å². The monoisotopic (exact) mass is 444 g/mol. The Morgan fingerprint density at radius 3 is 2.27 bits per heavy atom. The average molecular weight is 445 g/mol. The minimum Gasteiger partial charge on any atom is -0.372 e. The Labute approximate surface area is 194 Å². The maximum atomic E-state index is 14.6. The lowest BCUT2D eigenvalue weighted by Gasteiger charge is -2.17. The van der Waals surface area contributed by atoms with Crippen molar-refractivity contribution in [1.82, 2.24) is 0 Å². The lowest BCUT2D eigenvalue weighted by atomic mass is 10.1. The van der Waals surface area contributed by atoms with E-state index in [1.54, 1.807) is 6.07 Å². The number of hydrogen-bond donors (Lipinski definition) is 1. The van der Waals surface area contributed by atoms with E-state index in [1.807, 2.05) is 48.5 Å². The molecule has 1 saturated heterocycles. The summed E-state index contributed by atoms with van der Waals surface area (Å²) < 4.78 is 14.6. The lowest BCUT2D eigenvalue weighted by molar-refractivity contribution is 0.102. The van der Waals surface area contributed by atoms with Crippen LogP contribution in [0.15, 0.2) is 77.0 Å². The molecule has 33 heavy (non-hydrogen) atoms. The highest BCUT2D eigenvalue weighted by atomic mass is 19.1. The van der Waals surface area contributed by atoms with Gasteiger partial charge in [0.05, 0.1) is 16.9 Å². The van der Waals surface area contributed by atoms with Crippen LogP contribution in [0, 0.1) is 5.82 Å². The van der Waals surface area contributed by atoms with Gasteiger partial charge >= 0.3 is 0 Å². The van der Waals surface area contributed by atoms with E-state index in [4.69, 9.17) is 0 Å². The molecular weight excluding hydrogens is 415 g/mol. The van der Waals surface area contributed by atoms with Crippen molar-refractivity contribution in [2.75, 3.05) is 23.3 Å². The minimum atomic E-state index is -0.632. The van der Waals surface area contributed by atoms with Gasteiger partial charge in [0.1, 0.15) is 5.82 Å². The Kier molecular flexibility index (Phi) is 7.45. The van der Waals surface area contributed by atoms with Crippen LogP contribution in [0.4, 0.5) is 27.1 Å². The molecule has 0 spiro atoms. The molecule has 1 aliphatic rings. The van der Waals surface area contributed by atoms with Gasteiger partial charge in [-0.05, 0) is 79.8 Å². The molecule has 0 aliphatic carbocycles. The second-order valence-electron chi connectivity index (χ2n) is 8.33. The summed E-state index contributed by atoms with van der Waals surface area (Å²) in [5.41, 5.74) is 4.07. The van der Waals surface area contributed by atoms with Crippen LogP contribution in [0.25, 0.3) is 0 Å². The predicted molar refractivity (Wildman–Crippen MR) is 131 cm³/mol. The second kappa shape index (κ2) is 10.9. The number of nitrogens with one attached hydrogen (secondary N) is 1. The molecule has 1 heterocycles. The molecule has 5 nitrogen and oxygen atoms in total. The smallest absolute Gasteiger partial charge is 0.258 e. The van der Waals surface area contributed by atoms with Crippen LogP contribution in [-0.4, -0.2) is 19.0 Å². The summed E-state index contributed by atoms with van der Waals surface area (Å²) in [6, 6.07) is 19.8. The molecule has 1 aliphatic heterocycles. The van der Waals surface area contributed by atoms with Crippen LogP contribution >= 0.6 is 0 Å². The number of amides is 1. The van der Waals surface area contributed by atoms with Gasteiger partial charge in [0, 0.05) is 30.5 Å². The van der Waals surface area contributed by atoms with E-state index in [-0.39, 0.29) is 5.56 Å². The lowest BCUT2D eigenvalue weighted by Crippen LogP contribution is -2.17. The van der Waals surface area contributed by atoms with E-state index in [1.165, 1.54) is 36.2 Å². The van der Waals surface area contributed by atoms with E-state index in [2.05, 4.69) is 27.4 Å². The molecule has 1 fully saturated rings. The number of carbonyl (C=O) groups is 1. The first-order chi connectivity index (χ1) is 16.1. The maximum absolute atomic E-state index is 14.6. The molecule has 3 aromatic carbocycles. The van der Waals surface area contributed by atoms with E-state index in [0.29, 0.717) is 17.1 Å². The third-order valence-electron chi connectivity index (χ3n) is 5.83. The number of hydrogen-bond acceptors (Lipinski definition) is 4. The summed E-state index contributed by atoms with van der Waals surface area (Å²) in [6.45, 7) is 4.33. The first-order valence-electron chi connectivity index (χ1n) is 11.6. The molecule has 4 rings (SSSR count). The molecule has 0 atom stereocenters. The predicted octanol–water partition coefficient (Wildman–Crippen LogP) is 7.44. The fourth-order valence-corrected chi connectivity index (χ4v) is 3.91. The van der Waals surface area contributed by atoms with Crippen molar-refractivity contribution in [1.29, 1.82) is 0 Å². The summed E-state index contributed by atoms with van der Waals surface area (Å²) in [4.78, 5) is 14.9. The van der Waals surface area contributed by atoms with Crippen molar-refractivity contribution in [3.05, 3.63) is 83.7 Å². The number of halogens is 1. The summed E-state index contributed by atoms with van der Waals surface area (Å²) >= 11 is 0. The van der Waals surface area contributed by atoms with Gasteiger partial charge in [-0.25, -0.2) is 4.39 Å². The van der Waals surface area contributed by atoms with E-state index >= 15 is 0 Å². The van der Waals surface area contributed by atoms with Crippen molar-refractivity contribution < 1.29 is 9.18 Å². The third kappa shape index (κ3) is 6.04. The zero-order valence-corrected chi connectivity index (χ0v) is 18.9. The molecule has 6 heteroatoms. The molecule has 0 saturated carbocycles. The van der Waals surface area contributed by atoms with Gasteiger partial charge in [0.2, 0.25) is 0 Å². The Bertz CT molecular complexity index is 1100. The zero-order valence-electron chi connectivity index (χ0n) is 18.9. The van der Waals surface area contributed by atoms with Crippen LogP contribution in [-0.2, 0) is 6.42 Å². The zero-order chi connectivity index (χ0) is 23.0. The maximum Gasteiger partial charge on any atom is 0.258 e. The Morgan fingerprint density at radius 2 is 1.61 bits per heavy atom. The van der Waals surface area contributed by atoms with Gasteiger partial charge in [-0.1, -0.05) is 25.5 Å². The fraction of sp³-hybridized carbons (Fsp3) is 0.296. The number of anilines is 2. The molecule has 0 aromatic heterocycles. The SMILES string of the molecule is CCCCc1ccc(NC(=O)c2ccc(N=Nc3ccc(N4CCCC4)cc3)cc2F)cc1. The Hall–Kier alpha value is -3.54. The van der Waals surface area contributed by atoms with E-state index < -0.39 is 11.7 Å². The van der Waals surface area contributed by atoms with Crippen LogP contribution in [0.2, 0.25) is 0 Å². The number of aryl methyl sites for hydroxylation is 1. The van der Waals surface area contributed by atoms with Gasteiger partial charge < -0.3 is 10.2 Å². The minimum absolute atomic E-state index is 0.0287. The molecule has 1 N–H and O–H groups in total. The van der Waals surface area contributed by atoms with Gasteiger partial charge in [-0.15, -0.1) is 0 Å². The first-order valence-corrected chi connectivity index (χ1v) is 11.6. The molecule has 3 aromatic rings. The van der Waals surface area contributed by atoms with Crippen molar-refractivity contribution >= 4 is 28.7 Å². The molecule has 0 unspecified atom stereocenters. The van der Waals surface area contributed by atoms with Crippen molar-refractivity contribution in [3.8, 4) is 0 Å². The number of nitrogens with zero attached hydrogens (tertiary/aromatic N) is 3. The molecular formula is C27H29FN4O. The number of rotatable bonds is 8. The quantitative estimate of drug-likeness (QED) is 0.367. The van der Waals surface area contributed by atoms with E-state index in [0.717, 1.165) is 32.4 Å².